The van der Waals surface area contributed by atoms with Gasteiger partial charge in [-0.2, -0.15) is 0 Å². The largest absolute Gasteiger partial charge is 0.503 e. The van der Waals surface area contributed by atoms with E-state index in [1.807, 2.05) is 31.2 Å². The van der Waals surface area contributed by atoms with Gasteiger partial charge in [0, 0.05) is 17.4 Å². The Morgan fingerprint density at radius 1 is 1.24 bits per heavy atom. The number of methoxy groups -OCH3 is 1. The minimum Gasteiger partial charge on any atom is -0.503 e. The van der Waals surface area contributed by atoms with Crippen molar-refractivity contribution in [3.05, 3.63) is 52.4 Å². The molecule has 1 aromatic heterocycles. The van der Waals surface area contributed by atoms with Crippen molar-refractivity contribution in [2.24, 2.45) is 0 Å². The van der Waals surface area contributed by atoms with Crippen LogP contribution in [0.25, 0.3) is 5.69 Å². The van der Waals surface area contributed by atoms with Crippen LogP contribution in [0.2, 0.25) is 0 Å². The van der Waals surface area contributed by atoms with Crippen LogP contribution in [0.15, 0.2) is 41.3 Å². The van der Waals surface area contributed by atoms with E-state index in [0.717, 1.165) is 17.1 Å². The highest BCUT2D eigenvalue weighted by molar-refractivity contribution is 5.40. The maximum Gasteiger partial charge on any atom is 0.223 e. The number of nitrogens with zero attached hydrogens (tertiary/aromatic N) is 1. The number of ether oxygens (including phenoxy) is 1. The summed E-state index contributed by atoms with van der Waals surface area (Å²) >= 11 is 0. The first-order chi connectivity index (χ1) is 8.11. The Balaban J connectivity index is 2.52. The van der Waals surface area contributed by atoms with Gasteiger partial charge in [0.15, 0.2) is 5.75 Å². The summed E-state index contributed by atoms with van der Waals surface area (Å²) < 4.78 is 6.82. The Morgan fingerprint density at radius 3 is 2.47 bits per heavy atom. The number of hydrogen-bond acceptors (Lipinski definition) is 3. The molecule has 0 aliphatic carbocycles. The zero-order valence-corrected chi connectivity index (χ0v) is 9.68. The lowest BCUT2D eigenvalue weighted by Gasteiger charge is -2.11. The minimum absolute atomic E-state index is 0.258. The molecule has 4 heteroatoms. The van der Waals surface area contributed by atoms with Crippen LogP contribution in [-0.4, -0.2) is 16.8 Å². The van der Waals surface area contributed by atoms with Gasteiger partial charge in [-0.25, -0.2) is 0 Å². The number of aromatic nitrogens is 1. The monoisotopic (exact) mass is 231 g/mol. The van der Waals surface area contributed by atoms with Crippen molar-refractivity contribution in [2.45, 2.75) is 6.92 Å². The molecule has 1 heterocycles. The van der Waals surface area contributed by atoms with Crippen LogP contribution in [0.5, 0.6) is 11.5 Å². The summed E-state index contributed by atoms with van der Waals surface area (Å²) in [7, 11) is 1.60. The lowest BCUT2D eigenvalue weighted by atomic mass is 10.2. The summed E-state index contributed by atoms with van der Waals surface area (Å²) in [6, 6.07) is 8.76. The molecular formula is C13H13NO3. The molecule has 88 valence electrons. The van der Waals surface area contributed by atoms with Gasteiger partial charge in [0.25, 0.3) is 0 Å². The lowest BCUT2D eigenvalue weighted by Crippen LogP contribution is -2.07. The van der Waals surface area contributed by atoms with Crippen LogP contribution in [0.4, 0.5) is 0 Å². The Kier molecular flexibility index (Phi) is 2.87. The quantitative estimate of drug-likeness (QED) is 0.858. The van der Waals surface area contributed by atoms with E-state index in [1.54, 1.807) is 11.7 Å². The van der Waals surface area contributed by atoms with E-state index in [4.69, 9.17) is 4.74 Å². The summed E-state index contributed by atoms with van der Waals surface area (Å²) in [5.41, 5.74) is 1.25. The van der Waals surface area contributed by atoms with Crippen molar-refractivity contribution in [2.75, 3.05) is 7.11 Å². The fraction of sp³-hybridized carbons (Fsp3) is 0.154. The van der Waals surface area contributed by atoms with Gasteiger partial charge in [0.05, 0.1) is 13.3 Å². The van der Waals surface area contributed by atoms with Crippen molar-refractivity contribution in [1.82, 2.24) is 4.57 Å². The molecule has 0 amide bonds. The van der Waals surface area contributed by atoms with Crippen LogP contribution in [0.3, 0.4) is 0 Å². The Labute approximate surface area is 98.7 Å². The molecule has 0 saturated carbocycles. The molecule has 0 saturated heterocycles. The molecular weight excluding hydrogens is 218 g/mol. The van der Waals surface area contributed by atoms with E-state index >= 15 is 0 Å². The molecule has 0 fully saturated rings. The van der Waals surface area contributed by atoms with Crippen LogP contribution < -0.4 is 10.2 Å². The molecule has 1 N–H and O–H groups in total. The van der Waals surface area contributed by atoms with E-state index in [9.17, 15) is 9.90 Å². The van der Waals surface area contributed by atoms with Gasteiger partial charge in [0.1, 0.15) is 5.75 Å². The van der Waals surface area contributed by atoms with Crippen molar-refractivity contribution in [1.29, 1.82) is 0 Å². The third-order valence-corrected chi connectivity index (χ3v) is 2.57. The SMILES string of the molecule is COc1ccc(-n2cc(O)c(=O)cc2C)cc1. The van der Waals surface area contributed by atoms with E-state index in [0.29, 0.717) is 0 Å². The van der Waals surface area contributed by atoms with Gasteiger partial charge in [-0.15, -0.1) is 0 Å². The second-order valence-corrected chi connectivity index (χ2v) is 3.73. The van der Waals surface area contributed by atoms with Crippen LogP contribution in [-0.2, 0) is 0 Å². The van der Waals surface area contributed by atoms with Crippen molar-refractivity contribution < 1.29 is 9.84 Å². The molecule has 0 aliphatic rings. The molecule has 4 nitrogen and oxygen atoms in total. The van der Waals surface area contributed by atoms with Crippen LogP contribution in [0.1, 0.15) is 5.69 Å². The Morgan fingerprint density at radius 2 is 1.88 bits per heavy atom. The minimum atomic E-state index is -0.368. The highest BCUT2D eigenvalue weighted by Crippen LogP contribution is 2.17. The fourth-order valence-electron chi connectivity index (χ4n) is 1.64. The molecule has 0 radical (unpaired) electrons. The van der Waals surface area contributed by atoms with Crippen molar-refractivity contribution in [3.8, 4) is 17.2 Å². The molecule has 2 aromatic rings. The number of rotatable bonds is 2. The van der Waals surface area contributed by atoms with E-state index < -0.39 is 0 Å². The van der Waals surface area contributed by atoms with Gasteiger partial charge in [0.2, 0.25) is 5.43 Å². The first kappa shape index (κ1) is 11.3. The number of benzene rings is 1. The Hall–Kier alpha value is -2.23. The lowest BCUT2D eigenvalue weighted by molar-refractivity contribution is 0.414. The van der Waals surface area contributed by atoms with E-state index in [-0.39, 0.29) is 11.2 Å². The second-order valence-electron chi connectivity index (χ2n) is 3.73. The number of pyridine rings is 1. The molecule has 0 atom stereocenters. The highest BCUT2D eigenvalue weighted by Gasteiger charge is 2.04. The predicted molar refractivity (Wildman–Crippen MR) is 65.0 cm³/mol. The molecule has 0 bridgehead atoms. The van der Waals surface area contributed by atoms with Crippen molar-refractivity contribution >= 4 is 0 Å². The van der Waals surface area contributed by atoms with Gasteiger partial charge in [-0.1, -0.05) is 0 Å². The number of aryl methyl sites for hydroxylation is 1. The topological polar surface area (TPSA) is 51.5 Å². The predicted octanol–water partition coefficient (Wildman–Crippen LogP) is 1.86. The van der Waals surface area contributed by atoms with Gasteiger partial charge >= 0.3 is 0 Å². The molecule has 17 heavy (non-hydrogen) atoms. The zero-order chi connectivity index (χ0) is 12.4. The summed E-state index contributed by atoms with van der Waals surface area (Å²) in [5.74, 6) is 0.503. The smallest absolute Gasteiger partial charge is 0.223 e. The fourth-order valence-corrected chi connectivity index (χ4v) is 1.64. The first-order valence-corrected chi connectivity index (χ1v) is 5.18. The Bertz CT molecular complexity index is 585. The molecule has 0 aliphatic heterocycles. The van der Waals surface area contributed by atoms with Gasteiger partial charge in [-0.3, -0.25) is 4.79 Å². The molecule has 1 aromatic carbocycles. The molecule has 0 unspecified atom stereocenters. The zero-order valence-electron chi connectivity index (χ0n) is 9.68. The van der Waals surface area contributed by atoms with E-state index in [1.165, 1.54) is 12.3 Å². The molecule has 2 rings (SSSR count). The number of aromatic hydroxyl groups is 1. The maximum atomic E-state index is 11.2. The highest BCUT2D eigenvalue weighted by atomic mass is 16.5. The van der Waals surface area contributed by atoms with Gasteiger partial charge in [-0.05, 0) is 31.2 Å². The second kappa shape index (κ2) is 4.33. The average molecular weight is 231 g/mol. The molecule has 0 spiro atoms. The first-order valence-electron chi connectivity index (χ1n) is 5.18. The summed E-state index contributed by atoms with van der Waals surface area (Å²) in [5, 5.41) is 9.43. The summed E-state index contributed by atoms with van der Waals surface area (Å²) in [6.45, 7) is 1.81. The third kappa shape index (κ3) is 2.15. The standard InChI is InChI=1S/C13H13NO3/c1-9-7-12(15)13(16)8-14(9)10-3-5-11(17-2)6-4-10/h3-8,16H,1-2H3. The normalized spacial score (nSPS) is 10.2. The average Bonchev–Trinajstić information content (AvgIpc) is 2.34. The van der Waals surface area contributed by atoms with E-state index in [2.05, 4.69) is 0 Å². The van der Waals surface area contributed by atoms with Crippen LogP contribution >= 0.6 is 0 Å². The van der Waals surface area contributed by atoms with Gasteiger partial charge < -0.3 is 14.4 Å². The summed E-state index contributed by atoms with van der Waals surface area (Å²) in [4.78, 5) is 11.2. The maximum absolute atomic E-state index is 11.2. The van der Waals surface area contributed by atoms with Crippen molar-refractivity contribution in [3.63, 3.8) is 0 Å². The van der Waals surface area contributed by atoms with Crippen LogP contribution in [0, 0.1) is 6.92 Å². The third-order valence-electron chi connectivity index (χ3n) is 2.57. The number of hydrogen-bond donors (Lipinski definition) is 1. The summed E-state index contributed by atoms with van der Waals surface area (Å²) in [6.07, 6.45) is 1.42.